The van der Waals surface area contributed by atoms with Gasteiger partial charge in [-0.25, -0.2) is 8.78 Å². The molecule has 11 heteroatoms. The fourth-order valence-corrected chi connectivity index (χ4v) is 3.94. The molecule has 1 fully saturated rings. The van der Waals surface area contributed by atoms with Gasteiger partial charge in [-0.2, -0.15) is 4.98 Å². The number of carboxylic acid groups (broad SMARTS) is 1. The lowest BCUT2D eigenvalue weighted by Gasteiger charge is -2.26. The van der Waals surface area contributed by atoms with Gasteiger partial charge in [0.2, 0.25) is 23.4 Å². The highest BCUT2D eigenvalue weighted by atomic mass is 19.2. The molecule has 1 aliphatic rings. The first kappa shape index (κ1) is 24.2. The molecule has 0 spiro atoms. The van der Waals surface area contributed by atoms with Crippen LogP contribution in [0.3, 0.4) is 0 Å². The van der Waals surface area contributed by atoms with E-state index in [1.54, 1.807) is 12.1 Å². The Hall–Kier alpha value is -3.89. The third kappa shape index (κ3) is 5.97. The normalized spacial score (nSPS) is 17.7. The van der Waals surface area contributed by atoms with Crippen molar-refractivity contribution < 1.29 is 37.4 Å². The predicted molar refractivity (Wildman–Crippen MR) is 116 cm³/mol. The third-order valence-corrected chi connectivity index (χ3v) is 5.81. The summed E-state index contributed by atoms with van der Waals surface area (Å²) in [5.74, 6) is -3.14. The summed E-state index contributed by atoms with van der Waals surface area (Å²) in [4.78, 5) is 28.1. The summed E-state index contributed by atoms with van der Waals surface area (Å²) in [6.45, 7) is 0. The molecule has 4 rings (SSSR count). The molecule has 1 aliphatic carbocycles. The number of Topliss-reactive ketones (excluding diaryl/α,β-unsaturated/α-hetero) is 1. The molecule has 3 aromatic rings. The topological polar surface area (TPSA) is 125 Å². The van der Waals surface area contributed by atoms with E-state index in [-0.39, 0.29) is 42.5 Å². The van der Waals surface area contributed by atoms with Crippen LogP contribution in [0.2, 0.25) is 0 Å². The maximum absolute atomic E-state index is 13.4. The zero-order valence-electron chi connectivity index (χ0n) is 18.9. The van der Waals surface area contributed by atoms with Gasteiger partial charge in [0.1, 0.15) is 6.10 Å². The average molecular weight is 487 g/mol. The number of ether oxygens (including phenoxy) is 2. The first-order valence-corrected chi connectivity index (χ1v) is 11.0. The van der Waals surface area contributed by atoms with E-state index in [1.165, 1.54) is 13.2 Å². The van der Waals surface area contributed by atoms with Crippen LogP contribution < -0.4 is 9.47 Å². The number of aromatic nitrogens is 3. The molecule has 9 nitrogen and oxygen atoms in total. The van der Waals surface area contributed by atoms with Gasteiger partial charge < -0.3 is 19.0 Å². The van der Waals surface area contributed by atoms with Crippen molar-refractivity contribution in [2.24, 2.45) is 5.92 Å². The van der Waals surface area contributed by atoms with Crippen LogP contribution in [0.5, 0.6) is 11.8 Å². The molecule has 2 heterocycles. The number of aliphatic carboxylic acids is 1. The second-order valence-electron chi connectivity index (χ2n) is 8.27. The van der Waals surface area contributed by atoms with E-state index >= 15 is 0 Å². The number of rotatable bonds is 9. The summed E-state index contributed by atoms with van der Waals surface area (Å²) < 4.78 is 43.1. The number of pyridine rings is 1. The van der Waals surface area contributed by atoms with Gasteiger partial charge in [0.25, 0.3) is 5.89 Å². The van der Waals surface area contributed by atoms with Crippen molar-refractivity contribution in [3.63, 3.8) is 0 Å². The van der Waals surface area contributed by atoms with Gasteiger partial charge in [0.05, 0.1) is 19.4 Å². The minimum Gasteiger partial charge on any atom is -0.481 e. The van der Waals surface area contributed by atoms with E-state index in [4.69, 9.17) is 19.0 Å². The number of benzene rings is 1. The van der Waals surface area contributed by atoms with E-state index in [1.807, 2.05) is 0 Å². The van der Waals surface area contributed by atoms with Crippen LogP contribution in [0.15, 0.2) is 34.7 Å². The zero-order chi connectivity index (χ0) is 24.9. The molecule has 35 heavy (non-hydrogen) atoms. The highest BCUT2D eigenvalue weighted by Gasteiger charge is 2.27. The highest BCUT2D eigenvalue weighted by molar-refractivity contribution is 5.93. The lowest BCUT2D eigenvalue weighted by molar-refractivity contribution is -0.143. The van der Waals surface area contributed by atoms with Crippen molar-refractivity contribution in [3.05, 3.63) is 64.9 Å². The van der Waals surface area contributed by atoms with Gasteiger partial charge in [-0.3, -0.25) is 9.59 Å². The Bertz CT molecular complexity index is 1220. The van der Waals surface area contributed by atoms with Crippen molar-refractivity contribution in [3.8, 4) is 11.8 Å². The zero-order valence-corrected chi connectivity index (χ0v) is 18.9. The molecule has 1 saturated carbocycles. The minimum absolute atomic E-state index is 0.0444. The first-order chi connectivity index (χ1) is 16.8. The first-order valence-electron chi connectivity index (χ1n) is 11.0. The van der Waals surface area contributed by atoms with Gasteiger partial charge in [-0.15, -0.1) is 10.2 Å². The lowest BCUT2D eigenvalue weighted by atomic mass is 9.87. The fraction of sp³-hybridized carbons (Fsp3) is 0.375. The summed E-state index contributed by atoms with van der Waals surface area (Å²) in [5, 5.41) is 16.7. The Kier molecular flexibility index (Phi) is 7.33. The number of carbonyl (C=O) groups excluding carboxylic acids is 1. The van der Waals surface area contributed by atoms with E-state index in [9.17, 15) is 18.4 Å². The largest absolute Gasteiger partial charge is 0.481 e. The Labute approximate surface area is 199 Å². The third-order valence-electron chi connectivity index (χ3n) is 5.81. The predicted octanol–water partition coefficient (Wildman–Crippen LogP) is 3.79. The maximum atomic E-state index is 13.4. The molecular weight excluding hydrogens is 464 g/mol. The monoisotopic (exact) mass is 487 g/mol. The second kappa shape index (κ2) is 10.6. The fourth-order valence-electron chi connectivity index (χ4n) is 3.94. The lowest BCUT2D eigenvalue weighted by Crippen LogP contribution is -2.28. The highest BCUT2D eigenvalue weighted by Crippen LogP contribution is 2.29. The van der Waals surface area contributed by atoms with Crippen LogP contribution in [0.25, 0.3) is 0 Å². The summed E-state index contributed by atoms with van der Waals surface area (Å²) in [6, 6.07) is 6.69. The van der Waals surface area contributed by atoms with Crippen LogP contribution in [0.1, 0.15) is 53.4 Å². The smallest absolute Gasteiger partial charge is 0.306 e. The van der Waals surface area contributed by atoms with Crippen molar-refractivity contribution in [2.45, 2.75) is 44.6 Å². The number of hydrogen-bond acceptors (Lipinski definition) is 8. The molecule has 0 radical (unpaired) electrons. The van der Waals surface area contributed by atoms with Gasteiger partial charge in [-0.1, -0.05) is 6.07 Å². The Balaban J connectivity index is 1.37. The van der Waals surface area contributed by atoms with Crippen molar-refractivity contribution >= 4 is 11.8 Å². The average Bonchev–Trinajstić information content (AvgIpc) is 3.31. The summed E-state index contributed by atoms with van der Waals surface area (Å²) in [7, 11) is 1.42. The van der Waals surface area contributed by atoms with E-state index in [0.29, 0.717) is 42.7 Å². The van der Waals surface area contributed by atoms with Crippen LogP contribution >= 0.6 is 0 Å². The number of methoxy groups -OCH3 is 1. The molecule has 1 N–H and O–H groups in total. The standard InChI is InChI=1S/C24H23F2N3O6/c1-33-22-15(5-9-20(27-22)34-16-6-3-14(4-7-16)24(31)32)12-19(30)23-29-28-21(35-23)11-13-2-8-17(25)18(26)10-13/h2,5,8-10,14,16H,3-4,6-7,11-12H2,1H3,(H,31,32). The van der Waals surface area contributed by atoms with Crippen LogP contribution in [0, 0.1) is 17.6 Å². The van der Waals surface area contributed by atoms with Gasteiger partial charge in [0, 0.05) is 18.1 Å². The van der Waals surface area contributed by atoms with E-state index in [2.05, 4.69) is 15.2 Å². The molecule has 0 atom stereocenters. The second-order valence-corrected chi connectivity index (χ2v) is 8.27. The molecular formula is C24H23F2N3O6. The van der Waals surface area contributed by atoms with E-state index in [0.717, 1.165) is 12.1 Å². The van der Waals surface area contributed by atoms with Crippen LogP contribution in [-0.4, -0.2) is 45.3 Å². The van der Waals surface area contributed by atoms with E-state index < -0.39 is 23.4 Å². The van der Waals surface area contributed by atoms with Gasteiger partial charge in [0.15, 0.2) is 11.6 Å². The summed E-state index contributed by atoms with van der Waals surface area (Å²) in [5.41, 5.74) is 0.907. The number of halogens is 2. The SMILES string of the molecule is COc1nc(OC2CCC(C(=O)O)CC2)ccc1CC(=O)c1nnc(Cc2ccc(F)c(F)c2)o1. The van der Waals surface area contributed by atoms with Gasteiger partial charge >= 0.3 is 5.97 Å². The molecule has 0 unspecified atom stereocenters. The van der Waals surface area contributed by atoms with Crippen molar-refractivity contribution in [1.29, 1.82) is 0 Å². The van der Waals surface area contributed by atoms with Crippen molar-refractivity contribution in [1.82, 2.24) is 15.2 Å². The quantitative estimate of drug-likeness (QED) is 0.449. The number of hydrogen-bond donors (Lipinski definition) is 1. The molecule has 2 aromatic heterocycles. The van der Waals surface area contributed by atoms with Crippen molar-refractivity contribution in [2.75, 3.05) is 7.11 Å². The number of carboxylic acids is 1. The molecule has 1 aromatic carbocycles. The number of carbonyl (C=O) groups is 2. The van der Waals surface area contributed by atoms with Crippen LogP contribution in [0.4, 0.5) is 8.78 Å². The molecule has 0 amide bonds. The summed E-state index contributed by atoms with van der Waals surface area (Å²) in [6.07, 6.45) is 2.12. The number of ketones is 1. The molecule has 0 bridgehead atoms. The Morgan fingerprint density at radius 1 is 1.09 bits per heavy atom. The molecule has 0 aliphatic heterocycles. The minimum atomic E-state index is -0.988. The maximum Gasteiger partial charge on any atom is 0.306 e. The number of nitrogens with zero attached hydrogens (tertiary/aromatic N) is 3. The van der Waals surface area contributed by atoms with Crippen LogP contribution in [-0.2, 0) is 17.6 Å². The summed E-state index contributed by atoms with van der Waals surface area (Å²) >= 11 is 0. The Morgan fingerprint density at radius 3 is 2.54 bits per heavy atom. The molecule has 184 valence electrons. The Morgan fingerprint density at radius 2 is 1.86 bits per heavy atom. The van der Waals surface area contributed by atoms with Gasteiger partial charge in [-0.05, 0) is 49.4 Å². The molecule has 0 saturated heterocycles.